The van der Waals surface area contributed by atoms with Crippen LogP contribution in [0.15, 0.2) is 91.0 Å². The zero-order chi connectivity index (χ0) is 21.1. The molecule has 2 aliphatic heterocycles. The van der Waals surface area contributed by atoms with Gasteiger partial charge in [-0.1, -0.05) is 54.6 Å². The molecule has 0 unspecified atom stereocenters. The standard InChI is InChI=1S/C27H29NO2P/c29-27-26(18-19-28(27)21-22-11-10-20-30-22)31(23-12-4-1-5-13-23,24-14-6-2-7-15-24)25-16-8-3-9-17-25/h1-9,12-17,22,26H,10-11,18-21H2/q+1/t22-,26+/m1/s1. The third-order valence-corrected chi connectivity index (χ3v) is 11.4. The zero-order valence-corrected chi connectivity index (χ0v) is 18.7. The number of rotatable bonds is 6. The molecule has 3 aromatic carbocycles. The van der Waals surface area contributed by atoms with Gasteiger partial charge in [-0.25, -0.2) is 0 Å². The molecule has 0 N–H and O–H groups in total. The van der Waals surface area contributed by atoms with Crippen molar-refractivity contribution in [3.8, 4) is 0 Å². The first-order valence-electron chi connectivity index (χ1n) is 11.3. The number of ether oxygens (including phenoxy) is 1. The molecule has 158 valence electrons. The van der Waals surface area contributed by atoms with Crippen LogP contribution in [0.25, 0.3) is 0 Å². The highest BCUT2D eigenvalue weighted by atomic mass is 31.2. The summed E-state index contributed by atoms with van der Waals surface area (Å²) in [5, 5.41) is 3.85. The van der Waals surface area contributed by atoms with Crippen molar-refractivity contribution >= 4 is 29.1 Å². The number of hydrogen-bond acceptors (Lipinski definition) is 2. The molecule has 5 rings (SSSR count). The Morgan fingerprint density at radius 2 is 1.29 bits per heavy atom. The summed E-state index contributed by atoms with van der Waals surface area (Å²) in [7, 11) is -2.17. The van der Waals surface area contributed by atoms with Crippen LogP contribution in [-0.2, 0) is 9.53 Å². The number of benzene rings is 3. The predicted molar refractivity (Wildman–Crippen MR) is 129 cm³/mol. The molecule has 0 aliphatic carbocycles. The summed E-state index contributed by atoms with van der Waals surface area (Å²) < 4.78 is 5.85. The van der Waals surface area contributed by atoms with Gasteiger partial charge in [0.2, 0.25) is 0 Å². The van der Waals surface area contributed by atoms with Crippen molar-refractivity contribution in [2.45, 2.75) is 31.0 Å². The summed E-state index contributed by atoms with van der Waals surface area (Å²) in [6.07, 6.45) is 3.24. The maximum absolute atomic E-state index is 14.0. The molecule has 31 heavy (non-hydrogen) atoms. The van der Waals surface area contributed by atoms with E-state index < -0.39 is 7.26 Å². The highest BCUT2D eigenvalue weighted by Crippen LogP contribution is 2.62. The van der Waals surface area contributed by atoms with E-state index in [1.165, 1.54) is 15.9 Å². The fourth-order valence-corrected chi connectivity index (χ4v) is 10.2. The van der Waals surface area contributed by atoms with Crippen molar-refractivity contribution < 1.29 is 9.53 Å². The molecule has 3 aromatic rings. The summed E-state index contributed by atoms with van der Waals surface area (Å²) in [5.41, 5.74) is -0.0406. The maximum Gasteiger partial charge on any atom is 0.264 e. The Labute approximate surface area is 185 Å². The lowest BCUT2D eigenvalue weighted by Gasteiger charge is -2.32. The molecule has 2 atom stereocenters. The van der Waals surface area contributed by atoms with E-state index in [1.54, 1.807) is 0 Å². The van der Waals surface area contributed by atoms with E-state index in [0.717, 1.165) is 39.0 Å². The lowest BCUT2D eigenvalue weighted by atomic mass is 10.2. The van der Waals surface area contributed by atoms with Gasteiger partial charge in [-0.15, -0.1) is 0 Å². The van der Waals surface area contributed by atoms with Gasteiger partial charge in [0, 0.05) is 26.1 Å². The number of carbonyl (C=O) groups is 1. The zero-order valence-electron chi connectivity index (χ0n) is 17.8. The fraction of sp³-hybridized carbons (Fsp3) is 0.296. The average molecular weight is 431 g/mol. The van der Waals surface area contributed by atoms with Gasteiger partial charge in [-0.3, -0.25) is 4.79 Å². The van der Waals surface area contributed by atoms with Gasteiger partial charge in [0.15, 0.2) is 5.66 Å². The molecule has 0 radical (unpaired) electrons. The summed E-state index contributed by atoms with van der Waals surface area (Å²) in [6.45, 7) is 2.37. The Hall–Kier alpha value is -2.48. The van der Waals surface area contributed by atoms with E-state index in [4.69, 9.17) is 4.74 Å². The topological polar surface area (TPSA) is 29.5 Å². The van der Waals surface area contributed by atoms with Crippen LogP contribution >= 0.6 is 7.26 Å². The molecule has 2 fully saturated rings. The Kier molecular flexibility index (Phi) is 5.89. The van der Waals surface area contributed by atoms with E-state index in [2.05, 4.69) is 95.9 Å². The number of likely N-dealkylation sites (tertiary alicyclic amines) is 1. The minimum Gasteiger partial charge on any atom is -0.376 e. The summed E-state index contributed by atoms with van der Waals surface area (Å²) >= 11 is 0. The molecule has 2 saturated heterocycles. The second kappa shape index (κ2) is 8.94. The Morgan fingerprint density at radius 3 is 1.74 bits per heavy atom. The highest BCUT2D eigenvalue weighted by molar-refractivity contribution is 7.96. The SMILES string of the molecule is O=C1[C@@H]([P+](c2ccccc2)(c2ccccc2)c2ccccc2)CCN1C[C@H]1CCCO1. The lowest BCUT2D eigenvalue weighted by molar-refractivity contribution is -0.128. The fourth-order valence-electron chi connectivity index (χ4n) is 5.27. The van der Waals surface area contributed by atoms with Gasteiger partial charge in [-0.05, 0) is 49.2 Å². The van der Waals surface area contributed by atoms with Gasteiger partial charge in [0.1, 0.15) is 23.2 Å². The van der Waals surface area contributed by atoms with E-state index >= 15 is 0 Å². The maximum atomic E-state index is 14.0. The van der Waals surface area contributed by atoms with Gasteiger partial charge < -0.3 is 9.64 Å². The third-order valence-electron chi connectivity index (χ3n) is 6.68. The summed E-state index contributed by atoms with van der Waals surface area (Å²) in [5.74, 6) is 0.292. The van der Waals surface area contributed by atoms with Crippen LogP contribution < -0.4 is 15.9 Å². The van der Waals surface area contributed by atoms with Crippen LogP contribution in [0, 0.1) is 0 Å². The average Bonchev–Trinajstić information content (AvgIpc) is 3.48. The molecule has 0 spiro atoms. The van der Waals surface area contributed by atoms with Gasteiger partial charge >= 0.3 is 0 Å². The van der Waals surface area contributed by atoms with E-state index in [9.17, 15) is 4.79 Å². The first-order chi connectivity index (χ1) is 15.3. The Bertz CT molecular complexity index is 907. The smallest absolute Gasteiger partial charge is 0.264 e. The molecule has 2 aliphatic rings. The quantitative estimate of drug-likeness (QED) is 0.558. The van der Waals surface area contributed by atoms with Gasteiger partial charge in [0.05, 0.1) is 6.10 Å². The summed E-state index contributed by atoms with van der Waals surface area (Å²) in [4.78, 5) is 16.0. The van der Waals surface area contributed by atoms with Crippen molar-refractivity contribution in [2.24, 2.45) is 0 Å². The minimum absolute atomic E-state index is 0.0406. The second-order valence-electron chi connectivity index (χ2n) is 8.45. The molecule has 0 bridgehead atoms. The molecule has 1 amide bonds. The minimum atomic E-state index is -2.17. The molecular weight excluding hydrogens is 401 g/mol. The Balaban J connectivity index is 1.64. The van der Waals surface area contributed by atoms with Crippen molar-refractivity contribution in [2.75, 3.05) is 19.7 Å². The van der Waals surface area contributed by atoms with Crippen molar-refractivity contribution in [3.63, 3.8) is 0 Å². The normalized spacial score (nSPS) is 21.5. The van der Waals surface area contributed by atoms with E-state index in [1.807, 2.05) is 0 Å². The van der Waals surface area contributed by atoms with Crippen LogP contribution in [-0.4, -0.2) is 42.3 Å². The molecule has 0 saturated carbocycles. The number of nitrogens with zero attached hydrogens (tertiary/aromatic N) is 1. The number of amides is 1. The van der Waals surface area contributed by atoms with Crippen molar-refractivity contribution in [3.05, 3.63) is 91.0 Å². The van der Waals surface area contributed by atoms with Crippen molar-refractivity contribution in [1.29, 1.82) is 0 Å². The number of hydrogen-bond donors (Lipinski definition) is 0. The lowest BCUT2D eigenvalue weighted by Crippen LogP contribution is -2.43. The van der Waals surface area contributed by atoms with Crippen molar-refractivity contribution in [1.82, 2.24) is 4.90 Å². The van der Waals surface area contributed by atoms with E-state index in [0.29, 0.717) is 5.91 Å². The van der Waals surface area contributed by atoms with Gasteiger partial charge in [0.25, 0.3) is 5.91 Å². The Morgan fingerprint density at radius 1 is 0.774 bits per heavy atom. The second-order valence-corrected chi connectivity index (χ2v) is 12.1. The summed E-state index contributed by atoms with van der Waals surface area (Å²) in [6, 6.07) is 32.2. The first kappa shape index (κ1) is 20.4. The van der Waals surface area contributed by atoms with Gasteiger partial charge in [-0.2, -0.15) is 0 Å². The van der Waals surface area contributed by atoms with Crippen LogP contribution in [0.2, 0.25) is 0 Å². The molecular formula is C27H29NO2P+. The molecule has 3 nitrogen and oxygen atoms in total. The molecule has 2 heterocycles. The molecule has 4 heteroatoms. The monoisotopic (exact) mass is 430 g/mol. The molecule has 0 aromatic heterocycles. The third kappa shape index (κ3) is 3.71. The van der Waals surface area contributed by atoms with Crippen LogP contribution in [0.5, 0.6) is 0 Å². The van der Waals surface area contributed by atoms with Crippen LogP contribution in [0.4, 0.5) is 0 Å². The predicted octanol–water partition coefficient (Wildman–Crippen LogP) is 3.76. The first-order valence-corrected chi connectivity index (χ1v) is 13.1. The largest absolute Gasteiger partial charge is 0.376 e. The van der Waals surface area contributed by atoms with Crippen LogP contribution in [0.3, 0.4) is 0 Å². The number of carbonyl (C=O) groups excluding carboxylic acids is 1. The van der Waals surface area contributed by atoms with E-state index in [-0.39, 0.29) is 11.8 Å². The van der Waals surface area contributed by atoms with Crippen LogP contribution in [0.1, 0.15) is 19.3 Å². The highest BCUT2D eigenvalue weighted by Gasteiger charge is 2.58.